The lowest BCUT2D eigenvalue weighted by atomic mass is 10.1. The first-order valence-electron chi connectivity index (χ1n) is 8.49. The minimum Gasteiger partial charge on any atom is -0.382 e. The van der Waals surface area contributed by atoms with Crippen molar-refractivity contribution in [1.82, 2.24) is 4.98 Å². The molecule has 0 saturated carbocycles. The van der Waals surface area contributed by atoms with Crippen molar-refractivity contribution in [2.24, 2.45) is 5.73 Å². The number of hydrogen-bond donors (Lipinski definition) is 2. The Kier molecular flexibility index (Phi) is 5.41. The van der Waals surface area contributed by atoms with Gasteiger partial charge in [-0.3, -0.25) is 9.59 Å². The van der Waals surface area contributed by atoms with E-state index in [1.54, 1.807) is 19.1 Å². The zero-order chi connectivity index (χ0) is 20.4. The lowest BCUT2D eigenvalue weighted by Crippen LogP contribution is -2.39. The number of carbonyl (C=O) groups is 2. The number of hydrogen-bond acceptors (Lipinski definition) is 6. The molecule has 0 aliphatic carbocycles. The summed E-state index contributed by atoms with van der Waals surface area (Å²) in [6.45, 7) is 3.53. The number of halogens is 1. The molecule has 0 aliphatic heterocycles. The van der Waals surface area contributed by atoms with Gasteiger partial charge in [0.1, 0.15) is 22.6 Å². The summed E-state index contributed by atoms with van der Waals surface area (Å²) in [6, 6.07) is 11.9. The van der Waals surface area contributed by atoms with E-state index in [0.29, 0.717) is 16.4 Å². The van der Waals surface area contributed by atoms with Crippen molar-refractivity contribution in [2.75, 3.05) is 10.6 Å². The molecule has 4 N–H and O–H groups in total. The van der Waals surface area contributed by atoms with Crippen LogP contribution in [0.5, 0.6) is 0 Å². The fraction of sp³-hybridized carbons (Fsp3) is 0.150. The number of primary amides is 1. The molecule has 0 spiro atoms. The average molecular weight is 398 g/mol. The highest BCUT2D eigenvalue weighted by molar-refractivity contribution is 7.18. The Morgan fingerprint density at radius 2 is 1.71 bits per heavy atom. The van der Waals surface area contributed by atoms with Crippen molar-refractivity contribution < 1.29 is 14.0 Å². The van der Waals surface area contributed by atoms with E-state index >= 15 is 0 Å². The van der Waals surface area contributed by atoms with Gasteiger partial charge in [-0.15, -0.1) is 0 Å². The van der Waals surface area contributed by atoms with Gasteiger partial charge in [-0.05, 0) is 38.1 Å². The number of nitrogen functional groups attached to an aromatic ring is 1. The maximum absolute atomic E-state index is 13.3. The van der Waals surface area contributed by atoms with E-state index in [0.717, 1.165) is 16.9 Å². The summed E-state index contributed by atoms with van der Waals surface area (Å²) in [7, 11) is 0. The average Bonchev–Trinajstić information content (AvgIpc) is 3.04. The molecule has 0 saturated heterocycles. The third-order valence-electron chi connectivity index (χ3n) is 4.27. The van der Waals surface area contributed by atoms with Gasteiger partial charge < -0.3 is 16.4 Å². The lowest BCUT2D eigenvalue weighted by Gasteiger charge is -2.26. The van der Waals surface area contributed by atoms with Gasteiger partial charge >= 0.3 is 0 Å². The number of nitrogens with two attached hydrogens (primary N) is 2. The van der Waals surface area contributed by atoms with Crippen molar-refractivity contribution in [2.45, 2.75) is 19.9 Å². The smallest absolute Gasteiger partial charge is 0.240 e. The Bertz CT molecular complexity index is 1020. The molecule has 28 heavy (non-hydrogen) atoms. The van der Waals surface area contributed by atoms with Crippen LogP contribution in [-0.2, 0) is 4.79 Å². The van der Waals surface area contributed by atoms with Crippen molar-refractivity contribution in [3.63, 3.8) is 0 Å². The summed E-state index contributed by atoms with van der Waals surface area (Å²) >= 11 is 1.06. The van der Waals surface area contributed by atoms with Crippen molar-refractivity contribution in [3.8, 4) is 0 Å². The normalized spacial score (nSPS) is 11.8. The number of benzene rings is 2. The fourth-order valence-electron chi connectivity index (χ4n) is 2.65. The van der Waals surface area contributed by atoms with E-state index < -0.39 is 17.8 Å². The quantitative estimate of drug-likeness (QED) is 0.620. The molecule has 0 unspecified atom stereocenters. The summed E-state index contributed by atoms with van der Waals surface area (Å²) in [5, 5.41) is 0.325. The van der Waals surface area contributed by atoms with Gasteiger partial charge in [-0.25, -0.2) is 9.37 Å². The van der Waals surface area contributed by atoms with E-state index in [4.69, 9.17) is 11.5 Å². The van der Waals surface area contributed by atoms with Gasteiger partial charge in [0.05, 0.1) is 0 Å². The van der Waals surface area contributed by atoms with Crippen LogP contribution in [0, 0.1) is 12.7 Å². The van der Waals surface area contributed by atoms with Crippen LogP contribution >= 0.6 is 11.3 Å². The number of carbonyl (C=O) groups excluding carboxylic acids is 2. The molecule has 144 valence electrons. The molecule has 1 atom stereocenters. The Hall–Kier alpha value is -3.26. The van der Waals surface area contributed by atoms with Gasteiger partial charge in [0.15, 0.2) is 5.13 Å². The summed E-state index contributed by atoms with van der Waals surface area (Å²) in [5.74, 6) is -1.20. The molecule has 6 nitrogen and oxygen atoms in total. The summed E-state index contributed by atoms with van der Waals surface area (Å²) in [6.07, 6.45) is 0. The summed E-state index contributed by atoms with van der Waals surface area (Å²) in [5.41, 5.74) is 13.5. The van der Waals surface area contributed by atoms with E-state index in [1.165, 1.54) is 29.2 Å². The van der Waals surface area contributed by atoms with Gasteiger partial charge in [0.25, 0.3) is 0 Å². The number of ketones is 1. The molecule has 0 bridgehead atoms. The number of anilines is 3. The van der Waals surface area contributed by atoms with Crippen LogP contribution < -0.4 is 16.4 Å². The van der Waals surface area contributed by atoms with Crippen molar-refractivity contribution in [1.29, 1.82) is 0 Å². The maximum Gasteiger partial charge on any atom is 0.240 e. The summed E-state index contributed by atoms with van der Waals surface area (Å²) < 4.78 is 13.3. The number of thiazole rings is 1. The molecule has 3 rings (SSSR count). The monoisotopic (exact) mass is 398 g/mol. The first kappa shape index (κ1) is 19.5. The van der Waals surface area contributed by atoms with Crippen LogP contribution in [0.25, 0.3) is 0 Å². The second-order valence-corrected chi connectivity index (χ2v) is 7.31. The molecular formula is C20H19FN4O2S. The van der Waals surface area contributed by atoms with Crippen LogP contribution in [0.4, 0.5) is 21.0 Å². The minimum atomic E-state index is -0.779. The standard InChI is InChI=1S/C20H19FN4O2S/c1-11-3-5-13(6-4-11)16(26)17-18(22)24-20(28-17)25(12(2)19(23)27)15-9-7-14(21)8-10-15/h3-10,12H,22H2,1-2H3,(H2,23,27)/t12-/m0/s1. The Morgan fingerprint density at radius 1 is 1.11 bits per heavy atom. The number of aryl methyl sites for hydroxylation is 1. The first-order valence-corrected chi connectivity index (χ1v) is 9.31. The number of aromatic nitrogens is 1. The zero-order valence-corrected chi connectivity index (χ0v) is 16.2. The topological polar surface area (TPSA) is 102 Å². The third-order valence-corrected chi connectivity index (χ3v) is 5.34. The number of nitrogens with zero attached hydrogens (tertiary/aromatic N) is 2. The number of rotatable bonds is 6. The molecule has 8 heteroatoms. The maximum atomic E-state index is 13.3. The summed E-state index contributed by atoms with van der Waals surface area (Å²) in [4.78, 5) is 30.7. The first-order chi connectivity index (χ1) is 13.3. The van der Waals surface area contributed by atoms with E-state index in [-0.39, 0.29) is 16.5 Å². The van der Waals surface area contributed by atoms with Crippen LogP contribution in [-0.4, -0.2) is 22.7 Å². The largest absolute Gasteiger partial charge is 0.382 e. The molecular weight excluding hydrogens is 379 g/mol. The minimum absolute atomic E-state index is 0.0642. The third kappa shape index (κ3) is 3.86. The zero-order valence-electron chi connectivity index (χ0n) is 15.3. The predicted octanol–water partition coefficient (Wildman–Crippen LogP) is 3.42. The molecule has 3 aromatic rings. The molecule has 2 aromatic carbocycles. The highest BCUT2D eigenvalue weighted by atomic mass is 32.1. The molecule has 1 aromatic heterocycles. The molecule has 0 radical (unpaired) electrons. The van der Waals surface area contributed by atoms with Gasteiger partial charge in [-0.1, -0.05) is 41.2 Å². The molecule has 0 aliphatic rings. The number of amides is 1. The highest BCUT2D eigenvalue weighted by Gasteiger charge is 2.27. The van der Waals surface area contributed by atoms with Crippen LogP contribution in [0.1, 0.15) is 27.7 Å². The van der Waals surface area contributed by atoms with Gasteiger partial charge in [0, 0.05) is 11.3 Å². The molecule has 1 heterocycles. The van der Waals surface area contributed by atoms with E-state index in [2.05, 4.69) is 4.98 Å². The second kappa shape index (κ2) is 7.77. The van der Waals surface area contributed by atoms with Crippen molar-refractivity contribution in [3.05, 3.63) is 70.4 Å². The SMILES string of the molecule is Cc1ccc(C(=O)c2sc(N(c3ccc(F)cc3)[C@@H](C)C(N)=O)nc2N)cc1. The lowest BCUT2D eigenvalue weighted by molar-refractivity contribution is -0.118. The van der Waals surface area contributed by atoms with Gasteiger partial charge in [0.2, 0.25) is 11.7 Å². The van der Waals surface area contributed by atoms with Crippen LogP contribution in [0.2, 0.25) is 0 Å². The second-order valence-electron chi connectivity index (χ2n) is 6.33. The molecule has 0 fully saturated rings. The van der Waals surface area contributed by atoms with E-state index in [1.807, 2.05) is 19.1 Å². The predicted molar refractivity (Wildman–Crippen MR) is 108 cm³/mol. The fourth-order valence-corrected chi connectivity index (χ4v) is 3.70. The van der Waals surface area contributed by atoms with Crippen molar-refractivity contribution >= 4 is 39.7 Å². The highest BCUT2D eigenvalue weighted by Crippen LogP contribution is 2.35. The van der Waals surface area contributed by atoms with E-state index in [9.17, 15) is 14.0 Å². The Balaban J connectivity index is 2.03. The van der Waals surface area contributed by atoms with Crippen LogP contribution in [0.15, 0.2) is 48.5 Å². The Labute approximate surface area is 165 Å². The Morgan fingerprint density at radius 3 is 2.29 bits per heavy atom. The van der Waals surface area contributed by atoms with Crippen LogP contribution in [0.3, 0.4) is 0 Å². The van der Waals surface area contributed by atoms with Gasteiger partial charge in [-0.2, -0.15) is 0 Å². The molecule has 1 amide bonds.